The highest BCUT2D eigenvalue weighted by atomic mass is 32.2. The molecule has 0 aliphatic rings. The molecule has 0 fully saturated rings. The van der Waals surface area contributed by atoms with Crippen LogP contribution in [-0.4, -0.2) is 21.2 Å². The molecule has 6 heteroatoms. The molecule has 0 spiro atoms. The Morgan fingerprint density at radius 2 is 1.90 bits per heavy atom. The second-order valence-corrected chi connectivity index (χ2v) is 6.14. The first-order valence-electron chi connectivity index (χ1n) is 6.12. The van der Waals surface area contributed by atoms with Crippen molar-refractivity contribution in [2.24, 2.45) is 0 Å². The minimum Gasteiger partial charge on any atom is -0.440 e. The molecule has 1 N–H and O–H groups in total. The number of furan rings is 1. The number of hydrogen-bond donors (Lipinski definition) is 1. The van der Waals surface area contributed by atoms with Crippen molar-refractivity contribution in [1.29, 1.82) is 0 Å². The Hall–Kier alpha value is -1.92. The SMILES string of the molecule is CC(CNS(=O)(=O)c1ccc(C=O)o1)c1ccccc1. The van der Waals surface area contributed by atoms with Crippen molar-refractivity contribution in [3.8, 4) is 0 Å². The first-order chi connectivity index (χ1) is 9.53. The van der Waals surface area contributed by atoms with E-state index in [0.29, 0.717) is 6.29 Å². The van der Waals surface area contributed by atoms with Gasteiger partial charge < -0.3 is 4.42 Å². The van der Waals surface area contributed by atoms with E-state index in [9.17, 15) is 13.2 Å². The Labute approximate surface area is 117 Å². The molecular weight excluding hydrogens is 278 g/mol. The third-order valence-corrected chi connectivity index (χ3v) is 4.23. The molecule has 1 aromatic heterocycles. The normalized spacial score (nSPS) is 13.1. The lowest BCUT2D eigenvalue weighted by Gasteiger charge is -2.12. The van der Waals surface area contributed by atoms with E-state index in [1.165, 1.54) is 12.1 Å². The predicted octanol–water partition coefficient (Wildman–Crippen LogP) is 2.17. The van der Waals surface area contributed by atoms with E-state index in [1.807, 2.05) is 37.3 Å². The van der Waals surface area contributed by atoms with Crippen LogP contribution < -0.4 is 4.72 Å². The standard InChI is InChI=1S/C14H15NO4S/c1-11(12-5-3-2-4-6-12)9-15-20(17,18)14-8-7-13(10-16)19-14/h2-8,10-11,15H,9H2,1H3. The molecule has 0 amide bonds. The molecule has 1 unspecified atom stereocenters. The number of carbonyl (C=O) groups is 1. The summed E-state index contributed by atoms with van der Waals surface area (Å²) >= 11 is 0. The zero-order valence-electron chi connectivity index (χ0n) is 10.9. The number of rotatable bonds is 6. The molecule has 0 saturated carbocycles. The lowest BCUT2D eigenvalue weighted by molar-refractivity contribution is 0.109. The molecule has 0 radical (unpaired) electrons. The monoisotopic (exact) mass is 293 g/mol. The molecule has 0 aliphatic carbocycles. The third kappa shape index (κ3) is 3.34. The molecule has 106 valence electrons. The van der Waals surface area contributed by atoms with Gasteiger partial charge >= 0.3 is 0 Å². The maximum atomic E-state index is 12.0. The van der Waals surface area contributed by atoms with Crippen LogP contribution in [0.15, 0.2) is 52.0 Å². The molecule has 0 bridgehead atoms. The molecule has 5 nitrogen and oxygen atoms in total. The minimum atomic E-state index is -3.73. The van der Waals surface area contributed by atoms with Gasteiger partial charge in [0.1, 0.15) is 0 Å². The van der Waals surface area contributed by atoms with Crippen LogP contribution in [0.5, 0.6) is 0 Å². The van der Waals surface area contributed by atoms with Gasteiger partial charge in [-0.1, -0.05) is 37.3 Å². The molecule has 2 aromatic rings. The summed E-state index contributed by atoms with van der Waals surface area (Å²) in [7, 11) is -3.73. The van der Waals surface area contributed by atoms with Crippen molar-refractivity contribution in [2.75, 3.05) is 6.54 Å². The smallest absolute Gasteiger partial charge is 0.273 e. The van der Waals surface area contributed by atoms with E-state index >= 15 is 0 Å². The molecule has 0 aliphatic heterocycles. The van der Waals surface area contributed by atoms with Crippen LogP contribution in [0, 0.1) is 0 Å². The molecule has 1 atom stereocenters. The van der Waals surface area contributed by atoms with Gasteiger partial charge in [-0.3, -0.25) is 4.79 Å². The summed E-state index contributed by atoms with van der Waals surface area (Å²) in [6, 6.07) is 12.2. The average molecular weight is 293 g/mol. The summed E-state index contributed by atoms with van der Waals surface area (Å²) in [4.78, 5) is 10.5. The second kappa shape index (κ2) is 6.02. The van der Waals surface area contributed by atoms with Crippen LogP contribution in [-0.2, 0) is 10.0 Å². The van der Waals surface area contributed by atoms with Crippen molar-refractivity contribution >= 4 is 16.3 Å². The van der Waals surface area contributed by atoms with E-state index in [1.54, 1.807) is 0 Å². The van der Waals surface area contributed by atoms with Crippen LogP contribution >= 0.6 is 0 Å². The van der Waals surface area contributed by atoms with Crippen LogP contribution in [0.1, 0.15) is 29.0 Å². The van der Waals surface area contributed by atoms with Gasteiger partial charge in [-0.15, -0.1) is 0 Å². The van der Waals surface area contributed by atoms with E-state index in [-0.39, 0.29) is 23.3 Å². The number of carbonyl (C=O) groups excluding carboxylic acids is 1. The number of nitrogens with one attached hydrogen (secondary N) is 1. The largest absolute Gasteiger partial charge is 0.440 e. The highest BCUT2D eigenvalue weighted by Gasteiger charge is 2.19. The fourth-order valence-electron chi connectivity index (χ4n) is 1.75. The quantitative estimate of drug-likeness (QED) is 0.828. The lowest BCUT2D eigenvalue weighted by atomic mass is 10.0. The lowest BCUT2D eigenvalue weighted by Crippen LogP contribution is -2.27. The first kappa shape index (κ1) is 14.5. The number of aldehydes is 1. The van der Waals surface area contributed by atoms with Gasteiger partial charge in [0, 0.05) is 6.54 Å². The van der Waals surface area contributed by atoms with Gasteiger partial charge in [-0.25, -0.2) is 13.1 Å². The highest BCUT2D eigenvalue weighted by molar-refractivity contribution is 7.89. The van der Waals surface area contributed by atoms with E-state index in [0.717, 1.165) is 5.56 Å². The Bertz CT molecular complexity index is 676. The molecular formula is C14H15NO4S. The Kier molecular flexibility index (Phi) is 4.36. The minimum absolute atomic E-state index is 0.0125. The van der Waals surface area contributed by atoms with Crippen molar-refractivity contribution in [2.45, 2.75) is 17.9 Å². The predicted molar refractivity (Wildman–Crippen MR) is 74.1 cm³/mol. The fraction of sp³-hybridized carbons (Fsp3) is 0.214. The maximum absolute atomic E-state index is 12.0. The summed E-state index contributed by atoms with van der Waals surface area (Å²) in [5, 5.41) is -0.250. The van der Waals surface area contributed by atoms with Crippen LogP contribution in [0.2, 0.25) is 0 Å². The summed E-state index contributed by atoms with van der Waals surface area (Å²) in [6.07, 6.45) is 0.464. The number of benzene rings is 1. The summed E-state index contributed by atoms with van der Waals surface area (Å²) in [6.45, 7) is 2.18. The van der Waals surface area contributed by atoms with Gasteiger partial charge in [0.2, 0.25) is 5.09 Å². The summed E-state index contributed by atoms with van der Waals surface area (Å²) in [5.41, 5.74) is 1.04. The van der Waals surface area contributed by atoms with Crippen molar-refractivity contribution < 1.29 is 17.6 Å². The number of sulfonamides is 1. The van der Waals surface area contributed by atoms with Crippen molar-refractivity contribution in [3.05, 3.63) is 53.8 Å². The van der Waals surface area contributed by atoms with Crippen molar-refractivity contribution in [1.82, 2.24) is 4.72 Å². The molecule has 0 saturated heterocycles. The van der Waals surface area contributed by atoms with Gasteiger partial charge in [0.15, 0.2) is 12.0 Å². The van der Waals surface area contributed by atoms with Gasteiger partial charge in [0.25, 0.3) is 10.0 Å². The average Bonchev–Trinajstić information content (AvgIpc) is 2.95. The van der Waals surface area contributed by atoms with Gasteiger partial charge in [0.05, 0.1) is 0 Å². The fourth-order valence-corrected chi connectivity index (χ4v) is 2.81. The van der Waals surface area contributed by atoms with Crippen LogP contribution in [0.3, 0.4) is 0 Å². The summed E-state index contributed by atoms with van der Waals surface area (Å²) < 4.78 is 31.3. The zero-order chi connectivity index (χ0) is 14.6. The van der Waals surface area contributed by atoms with Crippen LogP contribution in [0.4, 0.5) is 0 Å². The summed E-state index contributed by atoms with van der Waals surface area (Å²) in [5.74, 6) is 0.0213. The van der Waals surface area contributed by atoms with Gasteiger partial charge in [-0.2, -0.15) is 0 Å². The molecule has 20 heavy (non-hydrogen) atoms. The Balaban J connectivity index is 2.04. The van der Waals surface area contributed by atoms with E-state index < -0.39 is 10.0 Å². The topological polar surface area (TPSA) is 76.4 Å². The van der Waals surface area contributed by atoms with Crippen LogP contribution in [0.25, 0.3) is 0 Å². The Morgan fingerprint density at radius 3 is 2.50 bits per heavy atom. The Morgan fingerprint density at radius 1 is 1.20 bits per heavy atom. The van der Waals surface area contributed by atoms with E-state index in [4.69, 9.17) is 4.42 Å². The molecule has 1 aromatic carbocycles. The zero-order valence-corrected chi connectivity index (χ0v) is 11.8. The first-order valence-corrected chi connectivity index (χ1v) is 7.61. The van der Waals surface area contributed by atoms with E-state index in [2.05, 4.69) is 4.72 Å². The maximum Gasteiger partial charge on any atom is 0.273 e. The molecule has 2 rings (SSSR count). The van der Waals surface area contributed by atoms with Gasteiger partial charge in [-0.05, 0) is 23.6 Å². The highest BCUT2D eigenvalue weighted by Crippen LogP contribution is 2.16. The third-order valence-electron chi connectivity index (χ3n) is 2.93. The molecule has 1 heterocycles. The second-order valence-electron chi connectivity index (χ2n) is 4.44. The number of hydrogen-bond acceptors (Lipinski definition) is 4. The van der Waals surface area contributed by atoms with Crippen molar-refractivity contribution in [3.63, 3.8) is 0 Å².